The summed E-state index contributed by atoms with van der Waals surface area (Å²) >= 11 is 0. The van der Waals surface area contributed by atoms with E-state index in [4.69, 9.17) is 14.2 Å². The third kappa shape index (κ3) is 2.74. The first-order valence-corrected chi connectivity index (χ1v) is 7.75. The van der Waals surface area contributed by atoms with Crippen LogP contribution < -0.4 is 14.8 Å². The lowest BCUT2D eigenvalue weighted by Gasteiger charge is -2.29. The molecule has 1 aromatic carbocycles. The van der Waals surface area contributed by atoms with Crippen LogP contribution in [0.3, 0.4) is 0 Å². The summed E-state index contributed by atoms with van der Waals surface area (Å²) in [6, 6.07) is 4.24. The third-order valence-corrected chi connectivity index (χ3v) is 4.87. The second kappa shape index (κ2) is 5.50. The highest BCUT2D eigenvalue weighted by atomic mass is 16.5. The number of fused-ring (bicyclic) bond motifs is 1. The highest BCUT2D eigenvalue weighted by Crippen LogP contribution is 2.35. The second-order valence-corrected chi connectivity index (χ2v) is 6.44. The maximum Gasteiger partial charge on any atom is 0.123 e. The third-order valence-electron chi connectivity index (χ3n) is 4.87. The Morgan fingerprint density at radius 2 is 2.19 bits per heavy atom. The minimum atomic E-state index is 0.0260. The van der Waals surface area contributed by atoms with Gasteiger partial charge in [0, 0.05) is 36.2 Å². The average molecular weight is 291 g/mol. The predicted octanol–water partition coefficient (Wildman–Crippen LogP) is 2.68. The zero-order valence-corrected chi connectivity index (χ0v) is 13.4. The molecule has 4 nitrogen and oxygen atoms in total. The monoisotopic (exact) mass is 291 g/mol. The maximum absolute atomic E-state index is 5.86. The molecule has 0 aromatic heterocycles. The summed E-state index contributed by atoms with van der Waals surface area (Å²) < 4.78 is 17.1. The topological polar surface area (TPSA) is 39.7 Å². The first kappa shape index (κ1) is 14.7. The molecule has 1 saturated heterocycles. The molecule has 2 heterocycles. The molecule has 3 atom stereocenters. The summed E-state index contributed by atoms with van der Waals surface area (Å²) in [6.45, 7) is 8.04. The molecule has 1 N–H and O–H groups in total. The Balaban J connectivity index is 1.78. The van der Waals surface area contributed by atoms with E-state index in [0.29, 0.717) is 0 Å². The van der Waals surface area contributed by atoms with E-state index in [1.165, 1.54) is 5.56 Å². The number of benzene rings is 1. The highest BCUT2D eigenvalue weighted by molar-refractivity contribution is 5.48. The summed E-state index contributed by atoms with van der Waals surface area (Å²) in [6.07, 6.45) is 2.49. The molecule has 1 aromatic rings. The van der Waals surface area contributed by atoms with E-state index < -0.39 is 0 Å². The van der Waals surface area contributed by atoms with Crippen molar-refractivity contribution in [1.82, 2.24) is 5.32 Å². The van der Waals surface area contributed by atoms with Gasteiger partial charge in [0.2, 0.25) is 0 Å². The summed E-state index contributed by atoms with van der Waals surface area (Å²) in [5.74, 6) is 1.94. The van der Waals surface area contributed by atoms with Gasteiger partial charge in [0.25, 0.3) is 0 Å². The number of rotatable bonds is 4. The molecule has 0 amide bonds. The molecule has 1 fully saturated rings. The molecule has 3 rings (SSSR count). The lowest BCUT2D eigenvalue weighted by molar-refractivity contribution is 0.0880. The Morgan fingerprint density at radius 1 is 1.38 bits per heavy atom. The lowest BCUT2D eigenvalue weighted by atomic mass is 9.94. The van der Waals surface area contributed by atoms with E-state index in [2.05, 4.69) is 38.2 Å². The van der Waals surface area contributed by atoms with E-state index >= 15 is 0 Å². The van der Waals surface area contributed by atoms with Crippen LogP contribution in [-0.2, 0) is 17.7 Å². The van der Waals surface area contributed by atoms with Crippen LogP contribution >= 0.6 is 0 Å². The van der Waals surface area contributed by atoms with E-state index in [1.807, 2.05) is 0 Å². The van der Waals surface area contributed by atoms with E-state index in [0.717, 1.165) is 43.1 Å². The number of ether oxygens (including phenoxy) is 3. The SMILES string of the molecule is COc1cc2c(cc1CNC1(C)CCOC1C)OC(C)C2. The van der Waals surface area contributed by atoms with Crippen LogP contribution in [0.25, 0.3) is 0 Å². The molecule has 0 spiro atoms. The normalized spacial score (nSPS) is 31.0. The molecule has 0 saturated carbocycles. The molecule has 0 aliphatic carbocycles. The van der Waals surface area contributed by atoms with E-state index in [1.54, 1.807) is 7.11 Å². The fourth-order valence-electron chi connectivity index (χ4n) is 3.17. The van der Waals surface area contributed by atoms with Gasteiger partial charge >= 0.3 is 0 Å². The van der Waals surface area contributed by atoms with Crippen molar-refractivity contribution in [2.45, 2.75) is 57.9 Å². The standard InChI is InChI=1S/C17H25NO3/c1-11-7-13-8-15(19-4)14(9-16(13)21-11)10-18-17(3)5-6-20-12(17)2/h8-9,11-12,18H,5-7,10H2,1-4H3. The molecule has 2 aliphatic rings. The molecule has 2 aliphatic heterocycles. The first-order valence-electron chi connectivity index (χ1n) is 7.75. The summed E-state index contributed by atoms with van der Waals surface area (Å²) in [4.78, 5) is 0. The van der Waals surface area contributed by atoms with Crippen LogP contribution in [0.15, 0.2) is 12.1 Å². The fraction of sp³-hybridized carbons (Fsp3) is 0.647. The molecule has 0 bridgehead atoms. The van der Waals surface area contributed by atoms with Crippen molar-refractivity contribution < 1.29 is 14.2 Å². The minimum Gasteiger partial charge on any atom is -0.496 e. The van der Waals surface area contributed by atoms with Crippen molar-refractivity contribution in [2.24, 2.45) is 0 Å². The molecular weight excluding hydrogens is 266 g/mol. The summed E-state index contributed by atoms with van der Waals surface area (Å²) in [7, 11) is 1.73. The van der Waals surface area contributed by atoms with Crippen LogP contribution in [0.5, 0.6) is 11.5 Å². The molecular formula is C17H25NO3. The Morgan fingerprint density at radius 3 is 2.86 bits per heavy atom. The number of nitrogens with one attached hydrogen (secondary N) is 1. The maximum atomic E-state index is 5.86. The van der Waals surface area contributed by atoms with Gasteiger partial charge in [0.1, 0.15) is 17.6 Å². The summed E-state index contributed by atoms with van der Waals surface area (Å²) in [5.41, 5.74) is 2.41. The Labute approximate surface area is 126 Å². The van der Waals surface area contributed by atoms with Crippen molar-refractivity contribution in [3.63, 3.8) is 0 Å². The van der Waals surface area contributed by atoms with Crippen molar-refractivity contribution in [3.05, 3.63) is 23.3 Å². The van der Waals surface area contributed by atoms with Crippen molar-refractivity contribution in [1.29, 1.82) is 0 Å². The van der Waals surface area contributed by atoms with Crippen LogP contribution in [0, 0.1) is 0 Å². The van der Waals surface area contributed by atoms with Crippen LogP contribution in [0.2, 0.25) is 0 Å². The Hall–Kier alpha value is -1.26. The summed E-state index contributed by atoms with van der Waals surface area (Å²) in [5, 5.41) is 3.64. The van der Waals surface area contributed by atoms with Gasteiger partial charge in [0.15, 0.2) is 0 Å². The van der Waals surface area contributed by atoms with E-state index in [9.17, 15) is 0 Å². The van der Waals surface area contributed by atoms with Gasteiger partial charge < -0.3 is 19.5 Å². The molecule has 0 radical (unpaired) electrons. The lowest BCUT2D eigenvalue weighted by Crippen LogP contribution is -2.47. The van der Waals surface area contributed by atoms with Crippen molar-refractivity contribution in [2.75, 3.05) is 13.7 Å². The quantitative estimate of drug-likeness (QED) is 0.926. The van der Waals surface area contributed by atoms with Gasteiger partial charge in [-0.15, -0.1) is 0 Å². The van der Waals surface area contributed by atoms with Crippen LogP contribution in [0.4, 0.5) is 0 Å². The first-order chi connectivity index (χ1) is 10.0. The largest absolute Gasteiger partial charge is 0.496 e. The predicted molar refractivity (Wildman–Crippen MR) is 82.1 cm³/mol. The van der Waals surface area contributed by atoms with Crippen LogP contribution in [-0.4, -0.2) is 31.5 Å². The van der Waals surface area contributed by atoms with Crippen molar-refractivity contribution in [3.8, 4) is 11.5 Å². The zero-order chi connectivity index (χ0) is 15.0. The van der Waals surface area contributed by atoms with Gasteiger partial charge in [-0.05, 0) is 39.3 Å². The van der Waals surface area contributed by atoms with Gasteiger partial charge in [-0.3, -0.25) is 0 Å². The van der Waals surface area contributed by atoms with E-state index in [-0.39, 0.29) is 17.7 Å². The second-order valence-electron chi connectivity index (χ2n) is 6.44. The molecule has 4 heteroatoms. The Kier molecular flexibility index (Phi) is 3.84. The average Bonchev–Trinajstić information content (AvgIpc) is 2.97. The zero-order valence-electron chi connectivity index (χ0n) is 13.4. The van der Waals surface area contributed by atoms with Gasteiger partial charge in [-0.2, -0.15) is 0 Å². The number of methoxy groups -OCH3 is 1. The number of hydrogen-bond donors (Lipinski definition) is 1. The van der Waals surface area contributed by atoms with Gasteiger partial charge in [-0.25, -0.2) is 0 Å². The van der Waals surface area contributed by atoms with Crippen LogP contribution in [0.1, 0.15) is 38.3 Å². The molecule has 21 heavy (non-hydrogen) atoms. The Bertz CT molecular complexity index is 531. The minimum absolute atomic E-state index is 0.0260. The van der Waals surface area contributed by atoms with Gasteiger partial charge in [0.05, 0.1) is 13.2 Å². The smallest absolute Gasteiger partial charge is 0.123 e. The molecule has 116 valence electrons. The highest BCUT2D eigenvalue weighted by Gasteiger charge is 2.36. The number of hydrogen-bond acceptors (Lipinski definition) is 4. The van der Waals surface area contributed by atoms with Gasteiger partial charge in [-0.1, -0.05) is 0 Å². The van der Waals surface area contributed by atoms with Crippen molar-refractivity contribution >= 4 is 0 Å². The molecule has 3 unspecified atom stereocenters. The fourth-order valence-corrected chi connectivity index (χ4v) is 3.17.